The lowest BCUT2D eigenvalue weighted by Gasteiger charge is -2.35. The van der Waals surface area contributed by atoms with Gasteiger partial charge >= 0.3 is 0 Å². The van der Waals surface area contributed by atoms with E-state index in [1.165, 1.54) is 5.56 Å². The van der Waals surface area contributed by atoms with Crippen LogP contribution in [0.3, 0.4) is 0 Å². The van der Waals surface area contributed by atoms with Crippen LogP contribution in [0.5, 0.6) is 0 Å². The zero-order valence-electron chi connectivity index (χ0n) is 16.3. The first kappa shape index (κ1) is 19.8. The smallest absolute Gasteiger partial charge is 0.253 e. The Hall–Kier alpha value is -2.95. The highest BCUT2D eigenvalue weighted by Crippen LogP contribution is 2.13. The van der Waals surface area contributed by atoms with Crippen molar-refractivity contribution in [3.63, 3.8) is 0 Å². The van der Waals surface area contributed by atoms with E-state index in [0.29, 0.717) is 37.3 Å². The largest absolute Gasteiger partial charge is 0.339 e. The SMILES string of the molecule is CCc1ccc(C(=O)N2CCN(C(=O)CCC(=O)c3ccccc3)CC2)cc1. The Morgan fingerprint density at radius 1 is 0.750 bits per heavy atom. The number of hydrogen-bond acceptors (Lipinski definition) is 3. The maximum Gasteiger partial charge on any atom is 0.253 e. The first-order valence-corrected chi connectivity index (χ1v) is 9.82. The topological polar surface area (TPSA) is 57.7 Å². The second-order valence-electron chi connectivity index (χ2n) is 7.01. The van der Waals surface area contributed by atoms with E-state index in [1.54, 1.807) is 21.9 Å². The van der Waals surface area contributed by atoms with Gasteiger partial charge in [0.05, 0.1) is 0 Å². The number of aryl methyl sites for hydroxylation is 1. The summed E-state index contributed by atoms with van der Waals surface area (Å²) in [6, 6.07) is 16.7. The minimum absolute atomic E-state index is 0.00834. The van der Waals surface area contributed by atoms with Gasteiger partial charge in [0.25, 0.3) is 5.91 Å². The molecule has 1 fully saturated rings. The number of carbonyl (C=O) groups is 3. The molecule has 0 saturated carbocycles. The van der Waals surface area contributed by atoms with Crippen molar-refractivity contribution in [3.05, 3.63) is 71.3 Å². The number of benzene rings is 2. The van der Waals surface area contributed by atoms with Crippen LogP contribution in [0.25, 0.3) is 0 Å². The summed E-state index contributed by atoms with van der Waals surface area (Å²) in [5, 5.41) is 0. The molecule has 0 N–H and O–H groups in total. The van der Waals surface area contributed by atoms with E-state index >= 15 is 0 Å². The number of amides is 2. The summed E-state index contributed by atoms with van der Waals surface area (Å²) in [6.07, 6.45) is 1.37. The van der Waals surface area contributed by atoms with Crippen LogP contribution >= 0.6 is 0 Å². The summed E-state index contributed by atoms with van der Waals surface area (Å²) in [6.45, 7) is 4.15. The maximum atomic E-state index is 12.6. The first-order valence-electron chi connectivity index (χ1n) is 9.82. The van der Waals surface area contributed by atoms with Gasteiger partial charge in [0.1, 0.15) is 0 Å². The van der Waals surface area contributed by atoms with Gasteiger partial charge in [-0.25, -0.2) is 0 Å². The van der Waals surface area contributed by atoms with Gasteiger partial charge in [-0.2, -0.15) is 0 Å². The molecule has 1 heterocycles. The van der Waals surface area contributed by atoms with E-state index in [-0.39, 0.29) is 30.4 Å². The van der Waals surface area contributed by atoms with Crippen molar-refractivity contribution in [2.45, 2.75) is 26.2 Å². The van der Waals surface area contributed by atoms with Gasteiger partial charge in [-0.1, -0.05) is 49.4 Å². The Morgan fingerprint density at radius 3 is 1.96 bits per heavy atom. The molecule has 5 nitrogen and oxygen atoms in total. The van der Waals surface area contributed by atoms with Crippen molar-refractivity contribution >= 4 is 17.6 Å². The molecule has 5 heteroatoms. The normalized spacial score (nSPS) is 14.0. The monoisotopic (exact) mass is 378 g/mol. The number of Topliss-reactive ketones (excluding diaryl/α,β-unsaturated/α-hetero) is 1. The molecule has 1 aliphatic heterocycles. The zero-order chi connectivity index (χ0) is 19.9. The molecular weight excluding hydrogens is 352 g/mol. The van der Waals surface area contributed by atoms with E-state index in [2.05, 4.69) is 6.92 Å². The van der Waals surface area contributed by atoms with Gasteiger partial charge < -0.3 is 9.80 Å². The molecule has 1 saturated heterocycles. The van der Waals surface area contributed by atoms with Crippen LogP contribution in [0.2, 0.25) is 0 Å². The van der Waals surface area contributed by atoms with Gasteiger partial charge in [-0.3, -0.25) is 14.4 Å². The van der Waals surface area contributed by atoms with Crippen LogP contribution in [-0.2, 0) is 11.2 Å². The van der Waals surface area contributed by atoms with E-state index in [0.717, 1.165) is 6.42 Å². The quantitative estimate of drug-likeness (QED) is 0.726. The Morgan fingerprint density at radius 2 is 1.36 bits per heavy atom. The second-order valence-corrected chi connectivity index (χ2v) is 7.01. The van der Waals surface area contributed by atoms with Crippen molar-refractivity contribution in [2.75, 3.05) is 26.2 Å². The Balaban J connectivity index is 1.47. The predicted molar refractivity (Wildman–Crippen MR) is 108 cm³/mol. The third kappa shape index (κ3) is 4.85. The highest BCUT2D eigenvalue weighted by atomic mass is 16.2. The van der Waals surface area contributed by atoms with Crippen molar-refractivity contribution in [2.24, 2.45) is 0 Å². The Kier molecular flexibility index (Phi) is 6.58. The summed E-state index contributed by atoms with van der Waals surface area (Å²) in [7, 11) is 0. The molecule has 3 rings (SSSR count). The van der Waals surface area contributed by atoms with Gasteiger partial charge in [-0.15, -0.1) is 0 Å². The van der Waals surface area contributed by atoms with E-state index in [4.69, 9.17) is 0 Å². The fourth-order valence-corrected chi connectivity index (χ4v) is 3.37. The summed E-state index contributed by atoms with van der Waals surface area (Å²) in [4.78, 5) is 40.7. The number of ketones is 1. The van der Waals surface area contributed by atoms with Gasteiger partial charge in [0.15, 0.2) is 5.78 Å². The minimum Gasteiger partial charge on any atom is -0.339 e. The standard InChI is InChI=1S/C23H26N2O3/c1-2-18-8-10-20(11-9-18)23(28)25-16-14-24(15-17-25)22(27)13-12-21(26)19-6-4-3-5-7-19/h3-11H,2,12-17H2,1H3. The third-order valence-corrected chi connectivity index (χ3v) is 5.19. The average Bonchev–Trinajstić information content (AvgIpc) is 2.77. The second kappa shape index (κ2) is 9.31. The van der Waals surface area contributed by atoms with Gasteiger partial charge in [0, 0.05) is 50.1 Å². The summed E-state index contributed by atoms with van der Waals surface area (Å²) in [5.41, 5.74) is 2.53. The van der Waals surface area contributed by atoms with Crippen LogP contribution in [0, 0.1) is 0 Å². The molecule has 1 aliphatic rings. The lowest BCUT2D eigenvalue weighted by atomic mass is 10.1. The summed E-state index contributed by atoms with van der Waals surface area (Å²) >= 11 is 0. The van der Waals surface area contributed by atoms with Crippen LogP contribution < -0.4 is 0 Å². The summed E-state index contributed by atoms with van der Waals surface area (Å²) in [5.74, 6) is -0.0315. The van der Waals surface area contributed by atoms with Crippen LogP contribution in [0.4, 0.5) is 0 Å². The molecule has 0 atom stereocenters. The number of carbonyl (C=O) groups excluding carboxylic acids is 3. The lowest BCUT2D eigenvalue weighted by Crippen LogP contribution is -2.50. The van der Waals surface area contributed by atoms with Gasteiger partial charge in [0.2, 0.25) is 5.91 Å². The lowest BCUT2D eigenvalue weighted by molar-refractivity contribution is -0.132. The fourth-order valence-electron chi connectivity index (χ4n) is 3.37. The molecule has 0 aliphatic carbocycles. The van der Waals surface area contributed by atoms with Crippen LogP contribution in [0.1, 0.15) is 46.0 Å². The van der Waals surface area contributed by atoms with E-state index in [1.807, 2.05) is 42.5 Å². The maximum absolute atomic E-state index is 12.6. The fraction of sp³-hybridized carbons (Fsp3) is 0.348. The first-order chi connectivity index (χ1) is 13.6. The van der Waals surface area contributed by atoms with Crippen molar-refractivity contribution in [1.82, 2.24) is 9.80 Å². The highest BCUT2D eigenvalue weighted by molar-refractivity contribution is 5.98. The molecule has 0 unspecified atom stereocenters. The number of hydrogen-bond donors (Lipinski definition) is 0. The zero-order valence-corrected chi connectivity index (χ0v) is 16.3. The molecule has 0 bridgehead atoms. The molecule has 28 heavy (non-hydrogen) atoms. The van der Waals surface area contributed by atoms with Crippen molar-refractivity contribution < 1.29 is 14.4 Å². The molecule has 2 aromatic carbocycles. The molecule has 0 radical (unpaired) electrons. The Bertz CT molecular complexity index is 823. The predicted octanol–water partition coefficient (Wildman–Crippen LogP) is 3.20. The number of rotatable bonds is 6. The number of piperazine rings is 1. The number of nitrogens with zero attached hydrogens (tertiary/aromatic N) is 2. The summed E-state index contributed by atoms with van der Waals surface area (Å²) < 4.78 is 0. The molecular formula is C23H26N2O3. The third-order valence-electron chi connectivity index (χ3n) is 5.19. The molecule has 2 aromatic rings. The van der Waals surface area contributed by atoms with E-state index < -0.39 is 0 Å². The Labute approximate surface area is 166 Å². The van der Waals surface area contributed by atoms with Crippen LogP contribution in [-0.4, -0.2) is 53.6 Å². The van der Waals surface area contributed by atoms with Crippen molar-refractivity contribution in [1.29, 1.82) is 0 Å². The van der Waals surface area contributed by atoms with Gasteiger partial charge in [-0.05, 0) is 24.1 Å². The average molecular weight is 378 g/mol. The molecule has 0 aromatic heterocycles. The minimum atomic E-state index is -0.0244. The van der Waals surface area contributed by atoms with E-state index in [9.17, 15) is 14.4 Å². The highest BCUT2D eigenvalue weighted by Gasteiger charge is 2.25. The molecule has 146 valence electrons. The van der Waals surface area contributed by atoms with Crippen LogP contribution in [0.15, 0.2) is 54.6 Å². The van der Waals surface area contributed by atoms with Crippen molar-refractivity contribution in [3.8, 4) is 0 Å². The molecule has 0 spiro atoms. The molecule has 2 amide bonds.